The molecule has 82 valence electrons. The molecule has 0 radical (unpaired) electrons. The van der Waals surface area contributed by atoms with E-state index in [0.29, 0.717) is 24.5 Å². The first-order valence-electron chi connectivity index (χ1n) is 5.25. The number of ether oxygens (including phenoxy) is 1. The Morgan fingerprint density at radius 3 is 2.73 bits per heavy atom. The molecule has 0 aliphatic heterocycles. The van der Waals surface area contributed by atoms with E-state index in [-0.39, 0.29) is 5.78 Å². The van der Waals surface area contributed by atoms with Crippen LogP contribution in [0.1, 0.15) is 32.6 Å². The first kappa shape index (κ1) is 11.7. The van der Waals surface area contributed by atoms with Crippen LogP contribution in [0.3, 0.4) is 0 Å². The lowest BCUT2D eigenvalue weighted by molar-refractivity contribution is -0.115. The summed E-state index contributed by atoms with van der Waals surface area (Å²) >= 11 is 0. The molecule has 0 heterocycles. The van der Waals surface area contributed by atoms with Crippen LogP contribution >= 0.6 is 0 Å². The largest absolute Gasteiger partial charge is 0.494 e. The summed E-state index contributed by atoms with van der Waals surface area (Å²) in [7, 11) is 0. The molecule has 15 heavy (non-hydrogen) atoms. The predicted octanol–water partition coefficient (Wildman–Crippen LogP) is 2.63. The van der Waals surface area contributed by atoms with Crippen molar-refractivity contribution >= 4 is 12.5 Å². The van der Waals surface area contributed by atoms with Gasteiger partial charge in [0.2, 0.25) is 0 Å². The third kappa shape index (κ3) is 2.78. The number of carbonyl (C=O) groups excluding carboxylic acids is 1. The highest BCUT2D eigenvalue weighted by molar-refractivity contribution is 5.97. The predicted molar refractivity (Wildman–Crippen MR) is 60.8 cm³/mol. The monoisotopic (exact) mass is 207 g/mol. The Hall–Kier alpha value is -1.38. The molecule has 3 heteroatoms. The number of allylic oxidation sites excluding steroid dienone is 2. The van der Waals surface area contributed by atoms with Gasteiger partial charge in [-0.3, -0.25) is 9.79 Å². The smallest absolute Gasteiger partial charge is 0.181 e. The highest BCUT2D eigenvalue weighted by Crippen LogP contribution is 2.27. The van der Waals surface area contributed by atoms with Crippen molar-refractivity contribution < 1.29 is 9.53 Å². The van der Waals surface area contributed by atoms with Gasteiger partial charge >= 0.3 is 0 Å². The Morgan fingerprint density at radius 2 is 2.13 bits per heavy atom. The minimum Gasteiger partial charge on any atom is -0.494 e. The maximum Gasteiger partial charge on any atom is 0.181 e. The molecule has 0 aromatic rings. The van der Waals surface area contributed by atoms with Gasteiger partial charge in [0, 0.05) is 12.0 Å². The molecule has 1 aliphatic rings. The number of ketones is 1. The molecular formula is C12H17NO2. The molecule has 0 bridgehead atoms. The maximum absolute atomic E-state index is 11.7. The van der Waals surface area contributed by atoms with Gasteiger partial charge in [-0.15, -0.1) is 0 Å². The van der Waals surface area contributed by atoms with Gasteiger partial charge in [-0.2, -0.15) is 0 Å². The lowest BCUT2D eigenvalue weighted by Gasteiger charge is -2.11. The molecule has 0 unspecified atom stereocenters. The van der Waals surface area contributed by atoms with Crippen molar-refractivity contribution in [2.75, 3.05) is 6.61 Å². The van der Waals surface area contributed by atoms with Gasteiger partial charge < -0.3 is 4.74 Å². The fraction of sp³-hybridized carbons (Fsp3) is 0.500. The van der Waals surface area contributed by atoms with E-state index >= 15 is 0 Å². The molecule has 0 saturated heterocycles. The average Bonchev–Trinajstić information content (AvgIpc) is 2.40. The zero-order chi connectivity index (χ0) is 11.3. The van der Waals surface area contributed by atoms with E-state index in [0.717, 1.165) is 24.8 Å². The quantitative estimate of drug-likeness (QED) is 0.525. The summed E-state index contributed by atoms with van der Waals surface area (Å²) in [6.45, 7) is 9.72. The molecule has 0 N–H and O–H groups in total. The van der Waals surface area contributed by atoms with E-state index in [4.69, 9.17) is 4.74 Å². The van der Waals surface area contributed by atoms with E-state index in [9.17, 15) is 4.79 Å². The number of hydrogen-bond acceptors (Lipinski definition) is 3. The topological polar surface area (TPSA) is 38.7 Å². The molecule has 0 amide bonds. The highest BCUT2D eigenvalue weighted by Gasteiger charge is 2.20. The molecule has 0 spiro atoms. The lowest BCUT2D eigenvalue weighted by Crippen LogP contribution is -2.04. The Labute approximate surface area is 90.5 Å². The van der Waals surface area contributed by atoms with Crippen LogP contribution in [0, 0.1) is 0 Å². The Kier molecular flexibility index (Phi) is 4.28. The summed E-state index contributed by atoms with van der Waals surface area (Å²) in [5, 5.41) is 0. The number of nitrogens with zero attached hydrogens (tertiary/aromatic N) is 1. The van der Waals surface area contributed by atoms with Crippen molar-refractivity contribution in [3.05, 3.63) is 23.6 Å². The van der Waals surface area contributed by atoms with Gasteiger partial charge in [-0.25, -0.2) is 0 Å². The zero-order valence-corrected chi connectivity index (χ0v) is 9.21. The van der Waals surface area contributed by atoms with Crippen LogP contribution in [-0.2, 0) is 9.53 Å². The van der Waals surface area contributed by atoms with Crippen molar-refractivity contribution in [3.8, 4) is 0 Å². The van der Waals surface area contributed by atoms with Gasteiger partial charge in [0.25, 0.3) is 0 Å². The third-order valence-electron chi connectivity index (χ3n) is 2.44. The van der Waals surface area contributed by atoms with Crippen molar-refractivity contribution in [2.24, 2.45) is 4.99 Å². The SMILES string of the molecule is C=NC1=C(C(=C)OCC)CCCCC1=O. The summed E-state index contributed by atoms with van der Waals surface area (Å²) in [6, 6.07) is 0. The van der Waals surface area contributed by atoms with Crippen LogP contribution in [0.2, 0.25) is 0 Å². The van der Waals surface area contributed by atoms with E-state index in [1.54, 1.807) is 0 Å². The number of hydrogen-bond donors (Lipinski definition) is 0. The van der Waals surface area contributed by atoms with Crippen molar-refractivity contribution in [1.82, 2.24) is 0 Å². The van der Waals surface area contributed by atoms with E-state index in [2.05, 4.69) is 18.3 Å². The number of aliphatic imine (C=N–C) groups is 1. The molecule has 0 aromatic carbocycles. The van der Waals surface area contributed by atoms with Crippen molar-refractivity contribution in [1.29, 1.82) is 0 Å². The molecule has 0 saturated carbocycles. The second-order valence-electron chi connectivity index (χ2n) is 3.47. The normalized spacial score (nSPS) is 17.3. The van der Waals surface area contributed by atoms with Gasteiger partial charge in [0.1, 0.15) is 11.5 Å². The molecule has 0 atom stereocenters. The molecule has 0 aromatic heterocycles. The second kappa shape index (κ2) is 5.49. The number of rotatable bonds is 4. The van der Waals surface area contributed by atoms with Crippen LogP contribution in [0.5, 0.6) is 0 Å². The van der Waals surface area contributed by atoms with E-state index in [1.807, 2.05) is 6.92 Å². The summed E-state index contributed by atoms with van der Waals surface area (Å²) < 4.78 is 5.32. The van der Waals surface area contributed by atoms with Crippen molar-refractivity contribution in [2.45, 2.75) is 32.6 Å². The Morgan fingerprint density at radius 1 is 1.47 bits per heavy atom. The first-order chi connectivity index (χ1) is 7.20. The first-order valence-corrected chi connectivity index (χ1v) is 5.25. The fourth-order valence-corrected chi connectivity index (χ4v) is 1.71. The van der Waals surface area contributed by atoms with Crippen LogP contribution in [0.4, 0.5) is 0 Å². The summed E-state index contributed by atoms with van der Waals surface area (Å²) in [5.74, 6) is 0.619. The van der Waals surface area contributed by atoms with Crippen LogP contribution in [0.15, 0.2) is 28.6 Å². The van der Waals surface area contributed by atoms with Gasteiger partial charge in [-0.1, -0.05) is 6.58 Å². The highest BCUT2D eigenvalue weighted by atomic mass is 16.5. The van der Waals surface area contributed by atoms with E-state index in [1.165, 1.54) is 0 Å². The Balaban J connectivity index is 3.00. The van der Waals surface area contributed by atoms with Gasteiger partial charge in [0.05, 0.1) is 6.61 Å². The second-order valence-corrected chi connectivity index (χ2v) is 3.47. The zero-order valence-electron chi connectivity index (χ0n) is 9.21. The number of carbonyl (C=O) groups is 1. The van der Waals surface area contributed by atoms with Gasteiger partial charge in [-0.05, 0) is 32.9 Å². The summed E-state index contributed by atoms with van der Waals surface area (Å²) in [6.07, 6.45) is 3.24. The molecular weight excluding hydrogens is 190 g/mol. The summed E-state index contributed by atoms with van der Waals surface area (Å²) in [4.78, 5) is 15.5. The minimum absolute atomic E-state index is 0.0540. The fourth-order valence-electron chi connectivity index (χ4n) is 1.71. The Bertz CT molecular complexity index is 316. The molecule has 1 aliphatic carbocycles. The maximum atomic E-state index is 11.7. The third-order valence-corrected chi connectivity index (χ3v) is 2.44. The van der Waals surface area contributed by atoms with Crippen LogP contribution < -0.4 is 0 Å². The molecule has 3 nitrogen and oxygen atoms in total. The number of Topliss-reactive ketones (excluding diaryl/α,β-unsaturated/α-hetero) is 1. The summed E-state index contributed by atoms with van der Waals surface area (Å²) in [5.41, 5.74) is 1.28. The molecule has 1 rings (SSSR count). The van der Waals surface area contributed by atoms with Gasteiger partial charge in [0.15, 0.2) is 5.78 Å². The van der Waals surface area contributed by atoms with E-state index < -0.39 is 0 Å². The van der Waals surface area contributed by atoms with Crippen LogP contribution in [0.25, 0.3) is 0 Å². The average molecular weight is 207 g/mol. The minimum atomic E-state index is 0.0540. The van der Waals surface area contributed by atoms with Crippen LogP contribution in [-0.4, -0.2) is 19.1 Å². The molecule has 0 fully saturated rings. The van der Waals surface area contributed by atoms with Crippen molar-refractivity contribution in [3.63, 3.8) is 0 Å². The lowest BCUT2D eigenvalue weighted by atomic mass is 10.1. The standard InChI is InChI=1S/C12H17NO2/c1-4-15-9(2)10-7-5-6-8-11(14)12(10)13-3/h2-8H2,1H3.